The minimum atomic E-state index is 0.0954. The summed E-state index contributed by atoms with van der Waals surface area (Å²) in [5.41, 5.74) is 0. The SMILES string of the molecule is C[C@H](NC(=O)CCCl)C1CCCCC1. The molecule has 0 bridgehead atoms. The van der Waals surface area contributed by atoms with E-state index in [1.165, 1.54) is 32.1 Å². The number of nitrogens with one attached hydrogen (secondary N) is 1. The zero-order valence-electron chi connectivity index (χ0n) is 8.89. The van der Waals surface area contributed by atoms with Gasteiger partial charge < -0.3 is 5.32 Å². The third kappa shape index (κ3) is 3.87. The van der Waals surface area contributed by atoms with Crippen molar-refractivity contribution in [2.45, 2.75) is 51.5 Å². The molecule has 1 aliphatic carbocycles. The second kappa shape index (κ2) is 6.28. The Balaban J connectivity index is 2.25. The average Bonchev–Trinajstić information content (AvgIpc) is 2.19. The monoisotopic (exact) mass is 217 g/mol. The van der Waals surface area contributed by atoms with Crippen LogP contribution in [0.5, 0.6) is 0 Å². The summed E-state index contributed by atoms with van der Waals surface area (Å²) in [5.74, 6) is 1.20. The Kier molecular flexibility index (Phi) is 5.31. The van der Waals surface area contributed by atoms with Crippen molar-refractivity contribution >= 4 is 17.5 Å². The van der Waals surface area contributed by atoms with E-state index >= 15 is 0 Å². The van der Waals surface area contributed by atoms with Gasteiger partial charge in [0.1, 0.15) is 0 Å². The fourth-order valence-corrected chi connectivity index (χ4v) is 2.34. The number of carbonyl (C=O) groups excluding carboxylic acids is 1. The fraction of sp³-hybridized carbons (Fsp3) is 0.909. The van der Waals surface area contributed by atoms with Crippen LogP contribution in [0, 0.1) is 5.92 Å². The molecular weight excluding hydrogens is 198 g/mol. The summed E-state index contributed by atoms with van der Waals surface area (Å²) < 4.78 is 0. The lowest BCUT2D eigenvalue weighted by Gasteiger charge is -2.28. The first-order chi connectivity index (χ1) is 6.74. The van der Waals surface area contributed by atoms with Gasteiger partial charge in [-0.05, 0) is 25.7 Å². The van der Waals surface area contributed by atoms with Crippen LogP contribution in [-0.2, 0) is 4.79 Å². The molecule has 14 heavy (non-hydrogen) atoms. The average molecular weight is 218 g/mol. The van der Waals surface area contributed by atoms with E-state index in [1.807, 2.05) is 0 Å². The van der Waals surface area contributed by atoms with Gasteiger partial charge in [0.05, 0.1) is 0 Å². The molecule has 3 heteroatoms. The van der Waals surface area contributed by atoms with Crippen LogP contribution in [0.15, 0.2) is 0 Å². The van der Waals surface area contributed by atoms with Gasteiger partial charge in [-0.3, -0.25) is 4.79 Å². The van der Waals surface area contributed by atoms with E-state index in [-0.39, 0.29) is 5.91 Å². The minimum Gasteiger partial charge on any atom is -0.353 e. The number of rotatable bonds is 4. The first kappa shape index (κ1) is 11.8. The summed E-state index contributed by atoms with van der Waals surface area (Å²) in [5, 5.41) is 3.03. The van der Waals surface area contributed by atoms with E-state index in [4.69, 9.17) is 11.6 Å². The molecule has 0 aromatic rings. The van der Waals surface area contributed by atoms with Crippen molar-refractivity contribution in [1.82, 2.24) is 5.32 Å². The first-order valence-corrected chi connectivity index (χ1v) is 6.13. The molecule has 0 aromatic carbocycles. The summed E-state index contributed by atoms with van der Waals surface area (Å²) in [6.45, 7) is 2.11. The van der Waals surface area contributed by atoms with Gasteiger partial charge in [-0.1, -0.05) is 19.3 Å². The van der Waals surface area contributed by atoms with Crippen LogP contribution < -0.4 is 5.32 Å². The molecule has 1 saturated carbocycles. The molecule has 1 rings (SSSR count). The van der Waals surface area contributed by atoms with E-state index in [9.17, 15) is 4.79 Å². The van der Waals surface area contributed by atoms with Crippen molar-refractivity contribution < 1.29 is 4.79 Å². The molecule has 0 aliphatic heterocycles. The van der Waals surface area contributed by atoms with Gasteiger partial charge in [0.25, 0.3) is 0 Å². The predicted octanol–water partition coefficient (Wildman–Crippen LogP) is 2.70. The van der Waals surface area contributed by atoms with Crippen LogP contribution in [0.3, 0.4) is 0 Å². The van der Waals surface area contributed by atoms with Crippen molar-refractivity contribution in [2.24, 2.45) is 5.92 Å². The third-order valence-corrected chi connectivity index (χ3v) is 3.26. The van der Waals surface area contributed by atoms with Gasteiger partial charge in [0.2, 0.25) is 5.91 Å². The van der Waals surface area contributed by atoms with Crippen LogP contribution in [0.2, 0.25) is 0 Å². The topological polar surface area (TPSA) is 29.1 Å². The Morgan fingerprint density at radius 2 is 2.07 bits per heavy atom. The Labute approximate surface area is 91.4 Å². The second-order valence-corrected chi connectivity index (χ2v) is 4.57. The Morgan fingerprint density at radius 1 is 1.43 bits per heavy atom. The highest BCUT2D eigenvalue weighted by atomic mass is 35.5. The number of alkyl halides is 1. The summed E-state index contributed by atoms with van der Waals surface area (Å²) >= 11 is 5.50. The molecule has 0 unspecified atom stereocenters. The number of hydrogen-bond donors (Lipinski definition) is 1. The van der Waals surface area contributed by atoms with Crippen molar-refractivity contribution in [3.05, 3.63) is 0 Å². The van der Waals surface area contributed by atoms with Crippen molar-refractivity contribution in [2.75, 3.05) is 5.88 Å². The van der Waals surface area contributed by atoms with E-state index in [1.54, 1.807) is 0 Å². The lowest BCUT2D eigenvalue weighted by Crippen LogP contribution is -2.38. The van der Waals surface area contributed by atoms with Crippen LogP contribution >= 0.6 is 11.6 Å². The highest BCUT2D eigenvalue weighted by molar-refractivity contribution is 6.18. The zero-order valence-corrected chi connectivity index (χ0v) is 9.65. The second-order valence-electron chi connectivity index (χ2n) is 4.19. The molecule has 1 aliphatic rings. The summed E-state index contributed by atoms with van der Waals surface area (Å²) in [7, 11) is 0. The first-order valence-electron chi connectivity index (χ1n) is 5.59. The Hall–Kier alpha value is -0.240. The van der Waals surface area contributed by atoms with Gasteiger partial charge in [0.15, 0.2) is 0 Å². The lowest BCUT2D eigenvalue weighted by molar-refractivity contribution is -0.121. The lowest BCUT2D eigenvalue weighted by atomic mass is 9.84. The van der Waals surface area contributed by atoms with Crippen LogP contribution in [0.4, 0.5) is 0 Å². The molecule has 1 fully saturated rings. The number of carbonyl (C=O) groups is 1. The molecule has 0 spiro atoms. The Morgan fingerprint density at radius 3 is 2.64 bits per heavy atom. The highest BCUT2D eigenvalue weighted by Crippen LogP contribution is 2.26. The smallest absolute Gasteiger partial charge is 0.221 e. The van der Waals surface area contributed by atoms with Gasteiger partial charge in [-0.15, -0.1) is 11.6 Å². The normalized spacial score (nSPS) is 20.4. The molecule has 0 aromatic heterocycles. The highest BCUT2D eigenvalue weighted by Gasteiger charge is 2.20. The van der Waals surface area contributed by atoms with E-state index < -0.39 is 0 Å². The maximum absolute atomic E-state index is 11.3. The molecule has 2 nitrogen and oxygen atoms in total. The molecule has 1 atom stereocenters. The Bertz CT molecular complexity index is 178. The molecule has 0 radical (unpaired) electrons. The van der Waals surface area contributed by atoms with Gasteiger partial charge in [-0.2, -0.15) is 0 Å². The van der Waals surface area contributed by atoms with Crippen molar-refractivity contribution in [1.29, 1.82) is 0 Å². The maximum atomic E-state index is 11.3. The predicted molar refractivity (Wildman–Crippen MR) is 59.5 cm³/mol. The van der Waals surface area contributed by atoms with Crippen molar-refractivity contribution in [3.8, 4) is 0 Å². The molecular formula is C11H20ClNO. The van der Waals surface area contributed by atoms with E-state index in [0.717, 1.165) is 0 Å². The summed E-state index contributed by atoms with van der Waals surface area (Å²) in [4.78, 5) is 11.3. The van der Waals surface area contributed by atoms with Gasteiger partial charge in [-0.25, -0.2) is 0 Å². The van der Waals surface area contributed by atoms with Crippen LogP contribution in [0.1, 0.15) is 45.4 Å². The maximum Gasteiger partial charge on any atom is 0.221 e. The third-order valence-electron chi connectivity index (χ3n) is 3.07. The van der Waals surface area contributed by atoms with Gasteiger partial charge >= 0.3 is 0 Å². The minimum absolute atomic E-state index is 0.0954. The van der Waals surface area contributed by atoms with E-state index in [0.29, 0.717) is 24.3 Å². The molecule has 1 N–H and O–H groups in total. The quantitative estimate of drug-likeness (QED) is 0.721. The van der Waals surface area contributed by atoms with Gasteiger partial charge in [0, 0.05) is 18.3 Å². The zero-order chi connectivity index (χ0) is 10.4. The summed E-state index contributed by atoms with van der Waals surface area (Å²) in [6, 6.07) is 0.325. The van der Waals surface area contributed by atoms with Crippen LogP contribution in [-0.4, -0.2) is 17.8 Å². The van der Waals surface area contributed by atoms with Crippen molar-refractivity contribution in [3.63, 3.8) is 0 Å². The van der Waals surface area contributed by atoms with Crippen LogP contribution in [0.25, 0.3) is 0 Å². The van der Waals surface area contributed by atoms with E-state index in [2.05, 4.69) is 12.2 Å². The molecule has 1 amide bonds. The standard InChI is InChI=1S/C11H20ClNO/c1-9(13-11(14)7-8-12)10-5-3-2-4-6-10/h9-10H,2-8H2,1H3,(H,13,14)/t9-/m0/s1. The number of hydrogen-bond acceptors (Lipinski definition) is 1. The molecule has 82 valence electrons. The number of halogens is 1. The number of amides is 1. The fourth-order valence-electron chi connectivity index (χ4n) is 2.16. The molecule has 0 heterocycles. The molecule has 0 saturated heterocycles. The largest absolute Gasteiger partial charge is 0.353 e. The summed E-state index contributed by atoms with van der Waals surface area (Å²) in [6.07, 6.45) is 6.98.